The number of amides is 1. The molecular weight excluding hydrogens is 531 g/mol. The molecule has 8 heteroatoms. The van der Waals surface area contributed by atoms with Crippen molar-refractivity contribution in [1.82, 2.24) is 4.98 Å². The molecule has 4 aromatic rings. The summed E-state index contributed by atoms with van der Waals surface area (Å²) in [6.07, 6.45) is 1.95. The van der Waals surface area contributed by atoms with E-state index in [-0.39, 0.29) is 23.2 Å². The van der Waals surface area contributed by atoms with Gasteiger partial charge in [-0.05, 0) is 48.4 Å². The Balaban J connectivity index is 2.02. The van der Waals surface area contributed by atoms with Gasteiger partial charge in [0.2, 0.25) is 17.4 Å². The van der Waals surface area contributed by atoms with E-state index in [1.807, 2.05) is 25.1 Å². The molecule has 2 aromatic carbocycles. The molecule has 4 rings (SSSR count). The van der Waals surface area contributed by atoms with Crippen molar-refractivity contribution < 1.29 is 14.0 Å². The Labute approximate surface area is 231 Å². The Morgan fingerprint density at radius 1 is 0.946 bits per heavy atom. The molecule has 0 saturated carbocycles. The molecule has 37 heavy (non-hydrogen) atoms. The van der Waals surface area contributed by atoms with Gasteiger partial charge in [0.1, 0.15) is 5.69 Å². The number of rotatable bonds is 7. The number of hydrogen-bond acceptors (Lipinski definition) is 4. The van der Waals surface area contributed by atoms with Crippen LogP contribution in [0.5, 0.6) is 0 Å². The van der Waals surface area contributed by atoms with Crippen molar-refractivity contribution in [2.75, 3.05) is 5.32 Å². The number of unbranched alkanes of at least 4 members (excludes halogenated alkanes) is 1. The van der Waals surface area contributed by atoms with Crippen LogP contribution < -0.4 is 5.32 Å². The molecule has 0 saturated heterocycles. The lowest BCUT2D eigenvalue weighted by Crippen LogP contribution is -2.22. The lowest BCUT2D eigenvalue weighted by Gasteiger charge is -2.15. The van der Waals surface area contributed by atoms with Gasteiger partial charge in [0, 0.05) is 33.0 Å². The predicted octanol–water partition coefficient (Wildman–Crippen LogP) is 9.48. The monoisotopic (exact) mass is 556 g/mol. The number of fused-ring (bicyclic) bond motifs is 1. The zero-order valence-electron chi connectivity index (χ0n) is 21.0. The van der Waals surface area contributed by atoms with E-state index in [0.29, 0.717) is 43.8 Å². The number of carbonyl (C=O) groups excluding carboxylic acids is 2. The molecule has 0 spiro atoms. The van der Waals surface area contributed by atoms with E-state index in [0.717, 1.165) is 24.0 Å². The standard InChI is InChI=1S/C29H27Cl3N2O3/c1-5-6-7-23(35)33-25-21-15-20(16-8-10-17(30)11-9-16)24(19-13-12-18(31)14-22(19)32)34-28(21)37-26(25)27(36)29(2,3)4/h8-15H,5-7H2,1-4H3,(H,33,35). The number of benzene rings is 2. The second-order valence-corrected chi connectivity index (χ2v) is 11.2. The summed E-state index contributed by atoms with van der Waals surface area (Å²) in [6.45, 7) is 7.42. The molecule has 0 radical (unpaired) electrons. The zero-order valence-corrected chi connectivity index (χ0v) is 23.3. The van der Waals surface area contributed by atoms with Gasteiger partial charge in [0.05, 0.1) is 16.1 Å². The van der Waals surface area contributed by atoms with Crippen LogP contribution in [0.4, 0.5) is 5.69 Å². The van der Waals surface area contributed by atoms with Crippen LogP contribution in [0, 0.1) is 5.41 Å². The first-order valence-electron chi connectivity index (χ1n) is 12.0. The van der Waals surface area contributed by atoms with Gasteiger partial charge < -0.3 is 9.73 Å². The summed E-state index contributed by atoms with van der Waals surface area (Å²) in [6, 6.07) is 14.3. The van der Waals surface area contributed by atoms with Crippen molar-refractivity contribution in [3.05, 3.63) is 69.4 Å². The van der Waals surface area contributed by atoms with Crippen LogP contribution in [0.25, 0.3) is 33.5 Å². The number of nitrogens with one attached hydrogen (secondary N) is 1. The fraction of sp³-hybridized carbons (Fsp3) is 0.276. The van der Waals surface area contributed by atoms with Crippen LogP contribution in [0.1, 0.15) is 57.5 Å². The molecule has 1 amide bonds. The molecular formula is C29H27Cl3N2O3. The number of nitrogens with zero attached hydrogens (tertiary/aromatic N) is 1. The average molecular weight is 558 g/mol. The second-order valence-electron chi connectivity index (χ2n) is 9.91. The minimum absolute atomic E-state index is 0.0706. The number of hydrogen-bond donors (Lipinski definition) is 1. The third-order valence-electron chi connectivity index (χ3n) is 5.93. The Morgan fingerprint density at radius 3 is 2.24 bits per heavy atom. The van der Waals surface area contributed by atoms with E-state index in [4.69, 9.17) is 44.2 Å². The first-order chi connectivity index (χ1) is 17.5. The summed E-state index contributed by atoms with van der Waals surface area (Å²) in [7, 11) is 0. The molecule has 0 unspecified atom stereocenters. The van der Waals surface area contributed by atoms with Crippen molar-refractivity contribution in [2.24, 2.45) is 5.41 Å². The molecule has 1 N–H and O–H groups in total. The highest BCUT2D eigenvalue weighted by Gasteiger charge is 2.32. The average Bonchev–Trinajstić information content (AvgIpc) is 3.18. The molecule has 192 valence electrons. The predicted molar refractivity (Wildman–Crippen MR) is 152 cm³/mol. The van der Waals surface area contributed by atoms with Gasteiger partial charge in [-0.25, -0.2) is 4.98 Å². The molecule has 0 aliphatic carbocycles. The quantitative estimate of drug-likeness (QED) is 0.230. The summed E-state index contributed by atoms with van der Waals surface area (Å²) in [5, 5.41) is 4.96. The number of carbonyl (C=O) groups is 2. The summed E-state index contributed by atoms with van der Waals surface area (Å²) in [5.74, 6) is -0.359. The van der Waals surface area contributed by atoms with Crippen molar-refractivity contribution in [3.63, 3.8) is 0 Å². The van der Waals surface area contributed by atoms with E-state index in [2.05, 4.69) is 5.32 Å². The Hall–Kier alpha value is -2.86. The fourth-order valence-electron chi connectivity index (χ4n) is 3.92. The van der Waals surface area contributed by atoms with Crippen molar-refractivity contribution >= 4 is 63.3 Å². The smallest absolute Gasteiger partial charge is 0.229 e. The maximum Gasteiger partial charge on any atom is 0.229 e. The number of anilines is 1. The maximum absolute atomic E-state index is 13.4. The molecule has 0 fully saturated rings. The first kappa shape index (κ1) is 27.2. The van der Waals surface area contributed by atoms with Gasteiger partial charge in [0.25, 0.3) is 0 Å². The number of Topliss-reactive ketones (excluding diaryl/α,β-unsaturated/α-hetero) is 1. The molecule has 0 bridgehead atoms. The number of pyridine rings is 1. The summed E-state index contributed by atoms with van der Waals surface area (Å²) in [4.78, 5) is 31.0. The zero-order chi connectivity index (χ0) is 26.9. The number of aromatic nitrogens is 1. The van der Waals surface area contributed by atoms with Crippen LogP contribution >= 0.6 is 34.8 Å². The van der Waals surface area contributed by atoms with E-state index >= 15 is 0 Å². The number of furan rings is 1. The van der Waals surface area contributed by atoms with Gasteiger partial charge in [-0.3, -0.25) is 9.59 Å². The van der Waals surface area contributed by atoms with Gasteiger partial charge in [0.15, 0.2) is 5.76 Å². The largest absolute Gasteiger partial charge is 0.432 e. The third-order valence-corrected chi connectivity index (χ3v) is 6.73. The molecule has 2 aromatic heterocycles. The SMILES string of the molecule is CCCCC(=O)Nc1c(C(=O)C(C)(C)C)oc2nc(-c3ccc(Cl)cc3Cl)c(-c3ccc(Cl)cc3)cc12. The lowest BCUT2D eigenvalue weighted by molar-refractivity contribution is -0.116. The van der Waals surface area contributed by atoms with Crippen LogP contribution in [0.15, 0.2) is 52.9 Å². The highest BCUT2D eigenvalue weighted by Crippen LogP contribution is 2.42. The van der Waals surface area contributed by atoms with E-state index in [1.54, 1.807) is 51.1 Å². The molecule has 5 nitrogen and oxygen atoms in total. The Kier molecular flexibility index (Phi) is 7.98. The minimum Gasteiger partial charge on any atom is -0.432 e. The number of halogens is 3. The Bertz CT molecular complexity index is 1490. The van der Waals surface area contributed by atoms with Gasteiger partial charge in [-0.1, -0.05) is 81.1 Å². The van der Waals surface area contributed by atoms with Crippen molar-refractivity contribution in [3.8, 4) is 22.4 Å². The van der Waals surface area contributed by atoms with Gasteiger partial charge >= 0.3 is 0 Å². The van der Waals surface area contributed by atoms with Crippen molar-refractivity contribution in [2.45, 2.75) is 47.0 Å². The summed E-state index contributed by atoms with van der Waals surface area (Å²) in [5.41, 5.74) is 2.55. The molecule has 0 aliphatic rings. The Morgan fingerprint density at radius 2 is 1.62 bits per heavy atom. The van der Waals surface area contributed by atoms with Crippen LogP contribution in [0.2, 0.25) is 15.1 Å². The normalized spacial score (nSPS) is 11.6. The van der Waals surface area contributed by atoms with Gasteiger partial charge in [-0.15, -0.1) is 0 Å². The van der Waals surface area contributed by atoms with Crippen molar-refractivity contribution in [1.29, 1.82) is 0 Å². The first-order valence-corrected chi connectivity index (χ1v) is 13.2. The summed E-state index contributed by atoms with van der Waals surface area (Å²) >= 11 is 18.9. The molecule has 0 atom stereocenters. The van der Waals surface area contributed by atoms with E-state index in [1.165, 1.54) is 0 Å². The number of ketones is 1. The topological polar surface area (TPSA) is 72.2 Å². The van der Waals surface area contributed by atoms with Crippen LogP contribution in [-0.4, -0.2) is 16.7 Å². The summed E-state index contributed by atoms with van der Waals surface area (Å²) < 4.78 is 6.06. The lowest BCUT2D eigenvalue weighted by atomic mass is 9.88. The van der Waals surface area contributed by atoms with Crippen LogP contribution in [-0.2, 0) is 4.79 Å². The van der Waals surface area contributed by atoms with E-state index < -0.39 is 5.41 Å². The van der Waals surface area contributed by atoms with Crippen LogP contribution in [0.3, 0.4) is 0 Å². The second kappa shape index (κ2) is 10.9. The highest BCUT2D eigenvalue weighted by molar-refractivity contribution is 6.36. The third kappa shape index (κ3) is 5.85. The molecule has 0 aliphatic heterocycles. The highest BCUT2D eigenvalue weighted by atomic mass is 35.5. The van der Waals surface area contributed by atoms with E-state index in [9.17, 15) is 9.59 Å². The fourth-order valence-corrected chi connectivity index (χ4v) is 4.55. The maximum atomic E-state index is 13.4. The minimum atomic E-state index is -0.738. The molecule has 2 heterocycles. The van der Waals surface area contributed by atoms with Gasteiger partial charge in [-0.2, -0.15) is 0 Å².